The van der Waals surface area contributed by atoms with E-state index in [0.29, 0.717) is 5.56 Å². The first-order chi connectivity index (χ1) is 12.7. The molecule has 28 heavy (non-hydrogen) atoms. The maximum Gasteiger partial charge on any atom is 0.433 e. The minimum atomic E-state index is -4.57. The summed E-state index contributed by atoms with van der Waals surface area (Å²) in [5.74, 6) is -1.26. The van der Waals surface area contributed by atoms with Gasteiger partial charge in [-0.25, -0.2) is 9.37 Å². The van der Waals surface area contributed by atoms with Crippen molar-refractivity contribution in [3.05, 3.63) is 47.7 Å². The van der Waals surface area contributed by atoms with Crippen LogP contribution in [0.1, 0.15) is 17.7 Å². The van der Waals surface area contributed by atoms with E-state index in [9.17, 15) is 26.7 Å². The highest BCUT2D eigenvalue weighted by Gasteiger charge is 2.32. The molecule has 0 aliphatic carbocycles. The van der Waals surface area contributed by atoms with Gasteiger partial charge >= 0.3 is 6.18 Å². The second kappa shape index (κ2) is 8.78. The van der Waals surface area contributed by atoms with Crippen molar-refractivity contribution >= 4 is 18.3 Å². The number of amides is 1. The van der Waals surface area contributed by atoms with Crippen LogP contribution in [0.4, 0.5) is 22.0 Å². The van der Waals surface area contributed by atoms with Crippen LogP contribution in [-0.2, 0) is 17.5 Å². The fourth-order valence-corrected chi connectivity index (χ4v) is 2.72. The molecule has 0 saturated carbocycles. The highest BCUT2D eigenvalue weighted by atomic mass is 35.5. The van der Waals surface area contributed by atoms with Gasteiger partial charge in [-0.05, 0) is 29.8 Å². The Labute approximate surface area is 163 Å². The number of hydrogen-bond donors (Lipinski definition) is 2. The summed E-state index contributed by atoms with van der Waals surface area (Å²) in [7, 11) is 0. The molecule has 3 heterocycles. The lowest BCUT2D eigenvalue weighted by Crippen LogP contribution is -2.40. The average Bonchev–Trinajstić information content (AvgIpc) is 3.05. The Morgan fingerprint density at radius 1 is 1.29 bits per heavy atom. The molecule has 1 aliphatic heterocycles. The number of pyridine rings is 2. The summed E-state index contributed by atoms with van der Waals surface area (Å²) in [6, 6.07) is 3.81. The van der Waals surface area contributed by atoms with Crippen LogP contribution in [0.3, 0.4) is 0 Å². The molecule has 2 aromatic heterocycles. The predicted octanol–water partition coefficient (Wildman–Crippen LogP) is 3.04. The van der Waals surface area contributed by atoms with Crippen molar-refractivity contribution in [2.24, 2.45) is 0 Å². The van der Waals surface area contributed by atoms with E-state index in [1.54, 1.807) is 0 Å². The molecule has 2 atom stereocenters. The van der Waals surface area contributed by atoms with Crippen molar-refractivity contribution in [1.29, 1.82) is 0 Å². The van der Waals surface area contributed by atoms with Crippen molar-refractivity contribution in [1.82, 2.24) is 20.6 Å². The number of carbonyl (C=O) groups is 1. The largest absolute Gasteiger partial charge is 0.433 e. The molecule has 152 valence electrons. The maximum absolute atomic E-state index is 13.8. The summed E-state index contributed by atoms with van der Waals surface area (Å²) < 4.78 is 64.6. The van der Waals surface area contributed by atoms with Crippen LogP contribution >= 0.6 is 12.4 Å². The molecular weight excluding hydrogens is 407 g/mol. The quantitative estimate of drug-likeness (QED) is 0.587. The molecule has 3 rings (SSSR count). The summed E-state index contributed by atoms with van der Waals surface area (Å²) in [6.07, 6.45) is -4.63. The van der Waals surface area contributed by atoms with E-state index in [1.165, 1.54) is 6.07 Å². The van der Waals surface area contributed by atoms with Gasteiger partial charge in [-0.3, -0.25) is 9.78 Å². The molecular formula is C17H16ClF5N4O. The van der Waals surface area contributed by atoms with E-state index in [2.05, 4.69) is 20.6 Å². The third kappa shape index (κ3) is 5.35. The number of nitrogens with one attached hydrogen (secondary N) is 2. The molecule has 5 nitrogen and oxygen atoms in total. The van der Waals surface area contributed by atoms with Crippen LogP contribution in [0.2, 0.25) is 0 Å². The van der Waals surface area contributed by atoms with Gasteiger partial charge in [0.25, 0.3) is 0 Å². The number of rotatable bonds is 4. The Bertz CT molecular complexity index is 831. The molecule has 0 spiro atoms. The zero-order valence-corrected chi connectivity index (χ0v) is 15.1. The van der Waals surface area contributed by atoms with Crippen LogP contribution in [0.5, 0.6) is 0 Å². The molecule has 1 saturated heterocycles. The standard InChI is InChI=1S/C17H15F5N4O.ClH/c18-11-5-13(23-8-11)16(27)25-6-9-3-12(26-15(19)4-9)10-1-2-14(24-7-10)17(20,21)22;/h1-4,7,11,13,23H,5-6,8H2,(H,25,27);1H/t11-,13+;/m1./s1. The number of alkyl halides is 4. The van der Waals surface area contributed by atoms with Crippen LogP contribution in [0.25, 0.3) is 11.3 Å². The van der Waals surface area contributed by atoms with E-state index < -0.39 is 35.9 Å². The van der Waals surface area contributed by atoms with Gasteiger partial charge in [-0.2, -0.15) is 17.6 Å². The Kier molecular flexibility index (Phi) is 6.89. The van der Waals surface area contributed by atoms with Crippen molar-refractivity contribution in [2.45, 2.75) is 31.4 Å². The Morgan fingerprint density at radius 2 is 2.04 bits per heavy atom. The van der Waals surface area contributed by atoms with E-state index >= 15 is 0 Å². The van der Waals surface area contributed by atoms with Crippen LogP contribution < -0.4 is 10.6 Å². The SMILES string of the molecule is Cl.O=C(NCc1cc(F)nc(-c2ccc(C(F)(F)F)nc2)c1)[C@@H]1C[C@@H](F)CN1. The molecule has 1 amide bonds. The molecule has 0 aromatic carbocycles. The van der Waals surface area contributed by atoms with Crippen molar-refractivity contribution in [3.8, 4) is 11.3 Å². The minimum Gasteiger partial charge on any atom is -0.351 e. The summed E-state index contributed by atoms with van der Waals surface area (Å²) in [6.45, 7) is 0.0709. The highest BCUT2D eigenvalue weighted by Crippen LogP contribution is 2.28. The summed E-state index contributed by atoms with van der Waals surface area (Å²) >= 11 is 0. The van der Waals surface area contributed by atoms with Gasteiger partial charge in [0.1, 0.15) is 11.9 Å². The van der Waals surface area contributed by atoms with Crippen LogP contribution in [0.15, 0.2) is 30.5 Å². The van der Waals surface area contributed by atoms with Crippen molar-refractivity contribution < 1.29 is 26.7 Å². The minimum absolute atomic E-state index is 0. The van der Waals surface area contributed by atoms with E-state index in [1.807, 2.05) is 0 Å². The summed E-state index contributed by atoms with van der Waals surface area (Å²) in [4.78, 5) is 18.9. The summed E-state index contributed by atoms with van der Waals surface area (Å²) in [5, 5.41) is 5.30. The maximum atomic E-state index is 13.8. The van der Waals surface area contributed by atoms with Gasteiger partial charge in [-0.1, -0.05) is 0 Å². The number of nitrogens with zero attached hydrogens (tertiary/aromatic N) is 2. The monoisotopic (exact) mass is 422 g/mol. The number of halogens is 6. The lowest BCUT2D eigenvalue weighted by Gasteiger charge is -2.12. The van der Waals surface area contributed by atoms with E-state index in [-0.39, 0.29) is 43.2 Å². The number of hydrogen-bond acceptors (Lipinski definition) is 4. The van der Waals surface area contributed by atoms with Gasteiger partial charge in [0.05, 0.1) is 11.7 Å². The molecule has 2 aromatic rings. The van der Waals surface area contributed by atoms with Gasteiger partial charge < -0.3 is 10.6 Å². The fraction of sp³-hybridized carbons (Fsp3) is 0.353. The topological polar surface area (TPSA) is 66.9 Å². The second-order valence-electron chi connectivity index (χ2n) is 6.12. The molecule has 1 fully saturated rings. The molecule has 1 aliphatic rings. The first kappa shape index (κ1) is 22.0. The normalized spacial score (nSPS) is 19.2. The molecule has 2 N–H and O–H groups in total. The van der Waals surface area contributed by atoms with Gasteiger partial charge in [0.2, 0.25) is 11.9 Å². The fourth-order valence-electron chi connectivity index (χ4n) is 2.72. The highest BCUT2D eigenvalue weighted by molar-refractivity contribution is 5.85. The number of carbonyl (C=O) groups excluding carboxylic acids is 1. The lowest BCUT2D eigenvalue weighted by molar-refractivity contribution is -0.141. The Balaban J connectivity index is 0.00000280. The third-order valence-corrected chi connectivity index (χ3v) is 4.06. The van der Waals surface area contributed by atoms with Gasteiger partial charge in [0, 0.05) is 31.3 Å². The Morgan fingerprint density at radius 3 is 2.61 bits per heavy atom. The second-order valence-corrected chi connectivity index (χ2v) is 6.12. The molecule has 11 heteroatoms. The molecule has 0 unspecified atom stereocenters. The Hall–Kier alpha value is -2.33. The van der Waals surface area contributed by atoms with Crippen molar-refractivity contribution in [3.63, 3.8) is 0 Å². The first-order valence-corrected chi connectivity index (χ1v) is 8.07. The lowest BCUT2D eigenvalue weighted by atomic mass is 10.1. The van der Waals surface area contributed by atoms with Gasteiger partial charge in [-0.15, -0.1) is 12.4 Å². The predicted molar refractivity (Wildman–Crippen MR) is 92.8 cm³/mol. The number of aromatic nitrogens is 2. The zero-order chi connectivity index (χ0) is 19.6. The first-order valence-electron chi connectivity index (χ1n) is 8.07. The van der Waals surface area contributed by atoms with E-state index in [4.69, 9.17) is 0 Å². The van der Waals surface area contributed by atoms with Gasteiger partial charge in [0.15, 0.2) is 0 Å². The zero-order valence-electron chi connectivity index (χ0n) is 14.3. The average molecular weight is 423 g/mol. The molecule has 0 bridgehead atoms. The van der Waals surface area contributed by atoms with Crippen molar-refractivity contribution in [2.75, 3.05) is 6.54 Å². The van der Waals surface area contributed by atoms with Crippen LogP contribution in [-0.4, -0.2) is 34.6 Å². The van der Waals surface area contributed by atoms with Crippen LogP contribution in [0, 0.1) is 5.95 Å². The molecule has 0 radical (unpaired) electrons. The van der Waals surface area contributed by atoms with E-state index in [0.717, 1.165) is 24.4 Å². The third-order valence-electron chi connectivity index (χ3n) is 4.06. The smallest absolute Gasteiger partial charge is 0.351 e. The summed E-state index contributed by atoms with van der Waals surface area (Å²) in [5.41, 5.74) is -0.415.